The summed E-state index contributed by atoms with van der Waals surface area (Å²) in [5.41, 5.74) is 8.69. The van der Waals surface area contributed by atoms with Crippen molar-refractivity contribution in [1.29, 1.82) is 0 Å². The van der Waals surface area contributed by atoms with Crippen molar-refractivity contribution in [3.05, 3.63) is 29.3 Å². The van der Waals surface area contributed by atoms with Crippen LogP contribution >= 0.6 is 11.8 Å². The number of ether oxygens (including phenoxy) is 1. The fraction of sp³-hybridized carbons (Fsp3) is 0.538. The van der Waals surface area contributed by atoms with E-state index in [1.807, 2.05) is 11.8 Å². The second kappa shape index (κ2) is 5.11. The van der Waals surface area contributed by atoms with Gasteiger partial charge in [-0.3, -0.25) is 0 Å². The molecule has 88 valence electrons. The van der Waals surface area contributed by atoms with Crippen molar-refractivity contribution in [2.24, 2.45) is 5.73 Å². The predicted octanol–water partition coefficient (Wildman–Crippen LogP) is 2.76. The van der Waals surface area contributed by atoms with E-state index in [9.17, 15) is 0 Å². The number of rotatable bonds is 4. The summed E-state index contributed by atoms with van der Waals surface area (Å²) in [5.74, 6) is 2.00. The van der Waals surface area contributed by atoms with Crippen LogP contribution < -0.4 is 10.5 Å². The molecule has 0 radical (unpaired) electrons. The summed E-state index contributed by atoms with van der Waals surface area (Å²) in [5, 5.41) is 0.628. The van der Waals surface area contributed by atoms with E-state index < -0.39 is 0 Å². The molecule has 0 aromatic heterocycles. The highest BCUT2D eigenvalue weighted by atomic mass is 32.2. The van der Waals surface area contributed by atoms with Gasteiger partial charge < -0.3 is 10.5 Å². The SMILES string of the molecule is CC(C)SCC(N)c1cccc2c1OCC2. The number of benzene rings is 1. The van der Waals surface area contributed by atoms with Gasteiger partial charge in [-0.05, 0) is 10.8 Å². The minimum atomic E-state index is 0.0837. The van der Waals surface area contributed by atoms with Crippen LogP contribution in [0.15, 0.2) is 18.2 Å². The minimum Gasteiger partial charge on any atom is -0.493 e. The molecule has 16 heavy (non-hydrogen) atoms. The molecule has 0 aliphatic carbocycles. The first kappa shape index (κ1) is 11.8. The lowest BCUT2D eigenvalue weighted by atomic mass is 10.0. The van der Waals surface area contributed by atoms with Gasteiger partial charge in [0.05, 0.1) is 6.61 Å². The Bertz CT molecular complexity index is 365. The lowest BCUT2D eigenvalue weighted by molar-refractivity contribution is 0.352. The highest BCUT2D eigenvalue weighted by Gasteiger charge is 2.19. The van der Waals surface area contributed by atoms with Crippen molar-refractivity contribution in [3.8, 4) is 5.75 Å². The van der Waals surface area contributed by atoms with Crippen LogP contribution in [-0.4, -0.2) is 17.6 Å². The molecule has 1 aromatic rings. The van der Waals surface area contributed by atoms with Gasteiger partial charge in [-0.1, -0.05) is 32.0 Å². The van der Waals surface area contributed by atoms with E-state index in [0.29, 0.717) is 5.25 Å². The largest absolute Gasteiger partial charge is 0.493 e. The zero-order chi connectivity index (χ0) is 11.5. The summed E-state index contributed by atoms with van der Waals surface area (Å²) in [6.07, 6.45) is 1.02. The third kappa shape index (κ3) is 2.53. The lowest BCUT2D eigenvalue weighted by Gasteiger charge is -2.16. The van der Waals surface area contributed by atoms with Crippen LogP contribution in [0.4, 0.5) is 0 Å². The molecule has 1 aromatic carbocycles. The Morgan fingerprint density at radius 3 is 3.00 bits per heavy atom. The number of nitrogens with two attached hydrogens (primary N) is 1. The van der Waals surface area contributed by atoms with Gasteiger partial charge in [0.15, 0.2) is 0 Å². The van der Waals surface area contributed by atoms with Crippen molar-refractivity contribution in [3.63, 3.8) is 0 Å². The smallest absolute Gasteiger partial charge is 0.127 e. The maximum Gasteiger partial charge on any atom is 0.127 e. The summed E-state index contributed by atoms with van der Waals surface area (Å²) in [6, 6.07) is 6.40. The van der Waals surface area contributed by atoms with Gasteiger partial charge in [0.1, 0.15) is 5.75 Å². The second-order valence-corrected chi connectivity index (χ2v) is 6.03. The van der Waals surface area contributed by atoms with E-state index >= 15 is 0 Å². The van der Waals surface area contributed by atoms with Crippen molar-refractivity contribution >= 4 is 11.8 Å². The molecule has 2 N–H and O–H groups in total. The van der Waals surface area contributed by atoms with Gasteiger partial charge in [-0.25, -0.2) is 0 Å². The number of thioether (sulfide) groups is 1. The molecular weight excluding hydrogens is 218 g/mol. The van der Waals surface area contributed by atoms with E-state index in [0.717, 1.165) is 24.5 Å². The maximum absolute atomic E-state index is 6.22. The van der Waals surface area contributed by atoms with Gasteiger partial charge in [0, 0.05) is 23.8 Å². The highest BCUT2D eigenvalue weighted by Crippen LogP contribution is 2.33. The Hall–Kier alpha value is -0.670. The van der Waals surface area contributed by atoms with E-state index in [-0.39, 0.29) is 6.04 Å². The maximum atomic E-state index is 6.22. The molecule has 1 aliphatic rings. The molecule has 1 unspecified atom stereocenters. The average molecular weight is 237 g/mol. The summed E-state index contributed by atoms with van der Waals surface area (Å²) < 4.78 is 5.67. The molecule has 0 bridgehead atoms. The van der Waals surface area contributed by atoms with Crippen molar-refractivity contribution in [1.82, 2.24) is 0 Å². The van der Waals surface area contributed by atoms with Crippen LogP contribution in [0.5, 0.6) is 5.75 Å². The zero-order valence-electron chi connectivity index (χ0n) is 9.90. The molecule has 2 rings (SSSR count). The monoisotopic (exact) mass is 237 g/mol. The van der Waals surface area contributed by atoms with Crippen molar-refractivity contribution < 1.29 is 4.74 Å². The third-order valence-electron chi connectivity index (χ3n) is 2.75. The Kier molecular flexibility index (Phi) is 3.77. The van der Waals surface area contributed by atoms with Gasteiger partial charge >= 0.3 is 0 Å². The molecule has 0 fully saturated rings. The van der Waals surface area contributed by atoms with Crippen LogP contribution in [0, 0.1) is 0 Å². The highest BCUT2D eigenvalue weighted by molar-refractivity contribution is 7.99. The lowest BCUT2D eigenvalue weighted by Crippen LogP contribution is -2.15. The fourth-order valence-electron chi connectivity index (χ4n) is 1.92. The molecule has 1 heterocycles. The quantitative estimate of drug-likeness (QED) is 0.874. The molecule has 1 atom stereocenters. The molecule has 0 amide bonds. The van der Waals surface area contributed by atoms with Gasteiger partial charge in [0.2, 0.25) is 0 Å². The fourth-order valence-corrected chi connectivity index (χ4v) is 2.69. The van der Waals surface area contributed by atoms with Crippen LogP contribution in [0.25, 0.3) is 0 Å². The van der Waals surface area contributed by atoms with E-state index in [2.05, 4.69) is 32.0 Å². The van der Waals surface area contributed by atoms with Crippen LogP contribution in [-0.2, 0) is 6.42 Å². The Morgan fingerprint density at radius 1 is 1.44 bits per heavy atom. The first-order valence-electron chi connectivity index (χ1n) is 5.80. The minimum absolute atomic E-state index is 0.0837. The molecule has 0 saturated heterocycles. The summed E-state index contributed by atoms with van der Waals surface area (Å²) >= 11 is 1.90. The standard InChI is InChI=1S/C13H19NOS/c1-9(2)16-8-12(14)11-5-3-4-10-6-7-15-13(10)11/h3-5,9,12H,6-8,14H2,1-2H3. The van der Waals surface area contributed by atoms with Gasteiger partial charge in [-0.15, -0.1) is 0 Å². The molecule has 0 spiro atoms. The topological polar surface area (TPSA) is 35.2 Å². The first-order chi connectivity index (χ1) is 7.68. The molecule has 3 heteroatoms. The number of fused-ring (bicyclic) bond motifs is 1. The van der Waals surface area contributed by atoms with Gasteiger partial charge in [-0.2, -0.15) is 11.8 Å². The molecule has 1 aliphatic heterocycles. The van der Waals surface area contributed by atoms with Crippen LogP contribution in [0.2, 0.25) is 0 Å². The summed E-state index contributed by atoms with van der Waals surface area (Å²) in [6.45, 7) is 5.20. The number of para-hydroxylation sites is 1. The van der Waals surface area contributed by atoms with Crippen LogP contribution in [0.1, 0.15) is 31.0 Å². The summed E-state index contributed by atoms with van der Waals surface area (Å²) in [4.78, 5) is 0. The predicted molar refractivity (Wildman–Crippen MR) is 70.2 cm³/mol. The third-order valence-corrected chi connectivity index (χ3v) is 3.97. The Balaban J connectivity index is 2.11. The van der Waals surface area contributed by atoms with E-state index in [1.54, 1.807) is 0 Å². The van der Waals surface area contributed by atoms with E-state index in [4.69, 9.17) is 10.5 Å². The molecule has 0 saturated carbocycles. The molecular formula is C13H19NOS. The number of hydrogen-bond donors (Lipinski definition) is 1. The van der Waals surface area contributed by atoms with Gasteiger partial charge in [0.25, 0.3) is 0 Å². The van der Waals surface area contributed by atoms with Crippen LogP contribution in [0.3, 0.4) is 0 Å². The normalized spacial score (nSPS) is 16.0. The molecule has 2 nitrogen and oxygen atoms in total. The van der Waals surface area contributed by atoms with Crippen molar-refractivity contribution in [2.45, 2.75) is 31.6 Å². The first-order valence-corrected chi connectivity index (χ1v) is 6.85. The average Bonchev–Trinajstić information content (AvgIpc) is 2.73. The van der Waals surface area contributed by atoms with Crippen molar-refractivity contribution in [2.75, 3.05) is 12.4 Å². The zero-order valence-corrected chi connectivity index (χ0v) is 10.7. The summed E-state index contributed by atoms with van der Waals surface area (Å²) in [7, 11) is 0. The Morgan fingerprint density at radius 2 is 2.25 bits per heavy atom. The van der Waals surface area contributed by atoms with E-state index in [1.165, 1.54) is 11.1 Å². The second-order valence-electron chi connectivity index (χ2n) is 4.42. The number of hydrogen-bond acceptors (Lipinski definition) is 3. The Labute approximate surface area is 102 Å².